The van der Waals surface area contributed by atoms with Crippen molar-refractivity contribution in [3.63, 3.8) is 0 Å². The molecule has 0 fully saturated rings. The smallest absolute Gasteiger partial charge is 0.462 e. The SMILES string of the molecule is CC/C=C\C/C=C\C/C=C\C/C=C\C/C=C\CCCCCC(=O)O[C@H](COC(=O)CC/C=C\C/C=C\C/C=C\C/C=C/C=C/C(O)C/C=C\CC)COP(=O)(O)OCC[N+](C)(C)C. The molecule has 0 aliphatic rings. The van der Waals surface area contributed by atoms with E-state index in [1.165, 1.54) is 0 Å². The summed E-state index contributed by atoms with van der Waals surface area (Å²) in [4.78, 5) is 35.4. The number of esters is 2. The number of aliphatic hydroxyl groups is 1. The van der Waals surface area contributed by atoms with Crippen molar-refractivity contribution in [2.24, 2.45) is 0 Å². The van der Waals surface area contributed by atoms with E-state index in [9.17, 15) is 24.2 Å². The predicted octanol–water partition coefficient (Wildman–Crippen LogP) is 12.4. The Hall–Kier alpha value is -3.89. The first kappa shape index (κ1) is 59.1. The molecule has 354 valence electrons. The molecule has 11 heteroatoms. The van der Waals surface area contributed by atoms with Gasteiger partial charge in [0.15, 0.2) is 6.10 Å². The van der Waals surface area contributed by atoms with Crippen LogP contribution in [0.15, 0.2) is 134 Å². The van der Waals surface area contributed by atoms with Gasteiger partial charge in [-0.15, -0.1) is 0 Å². The van der Waals surface area contributed by atoms with Gasteiger partial charge in [0.05, 0.1) is 33.9 Å². The molecule has 2 N–H and O–H groups in total. The molecule has 10 nitrogen and oxygen atoms in total. The number of carbonyl (C=O) groups is 2. The van der Waals surface area contributed by atoms with Gasteiger partial charge < -0.3 is 24.0 Å². The highest BCUT2D eigenvalue weighted by molar-refractivity contribution is 7.47. The van der Waals surface area contributed by atoms with Crippen molar-refractivity contribution < 1.29 is 47.2 Å². The lowest BCUT2D eigenvalue weighted by molar-refractivity contribution is -0.870. The Morgan fingerprint density at radius 2 is 1.08 bits per heavy atom. The number of allylic oxidation sites excluding steroid dienone is 20. The van der Waals surface area contributed by atoms with Gasteiger partial charge in [0.1, 0.15) is 19.8 Å². The first-order chi connectivity index (χ1) is 30.4. The fourth-order valence-electron chi connectivity index (χ4n) is 5.21. The van der Waals surface area contributed by atoms with Crippen LogP contribution >= 0.6 is 7.82 Å². The van der Waals surface area contributed by atoms with Gasteiger partial charge >= 0.3 is 19.8 Å². The summed E-state index contributed by atoms with van der Waals surface area (Å²) in [5.74, 6) is -0.972. The van der Waals surface area contributed by atoms with Gasteiger partial charge in [-0.25, -0.2) is 4.57 Å². The van der Waals surface area contributed by atoms with Crippen molar-refractivity contribution in [2.75, 3.05) is 47.5 Å². The van der Waals surface area contributed by atoms with Crippen molar-refractivity contribution in [3.8, 4) is 0 Å². The maximum atomic E-state index is 12.7. The van der Waals surface area contributed by atoms with Crippen LogP contribution < -0.4 is 0 Å². The second-order valence-corrected chi connectivity index (χ2v) is 17.3. The number of ether oxygens (including phenoxy) is 2. The Bertz CT molecular complexity index is 1540. The fraction of sp³-hybridized carbons (Fsp3) is 0.538. The number of likely N-dealkylation sites (N-methyl/N-ethyl adjacent to an activating group) is 1. The molecule has 2 unspecified atom stereocenters. The number of phosphoric ester groups is 1. The summed E-state index contributed by atoms with van der Waals surface area (Å²) in [5, 5.41) is 9.85. The quantitative estimate of drug-likeness (QED) is 0.0155. The molecule has 0 aliphatic carbocycles. The van der Waals surface area contributed by atoms with Gasteiger partial charge in [0, 0.05) is 12.8 Å². The molecule has 0 heterocycles. The van der Waals surface area contributed by atoms with Crippen LogP contribution in [0.4, 0.5) is 0 Å². The van der Waals surface area contributed by atoms with E-state index in [0.29, 0.717) is 30.3 Å². The van der Waals surface area contributed by atoms with Gasteiger partial charge in [0.25, 0.3) is 0 Å². The second-order valence-electron chi connectivity index (χ2n) is 15.9. The first-order valence-electron chi connectivity index (χ1n) is 23.0. The summed E-state index contributed by atoms with van der Waals surface area (Å²) in [6.45, 7) is 3.92. The van der Waals surface area contributed by atoms with Gasteiger partial charge in [-0.05, 0) is 89.9 Å². The van der Waals surface area contributed by atoms with Crippen molar-refractivity contribution in [1.29, 1.82) is 0 Å². The lowest BCUT2D eigenvalue weighted by Crippen LogP contribution is -2.37. The number of hydrogen-bond acceptors (Lipinski definition) is 8. The van der Waals surface area contributed by atoms with Crippen LogP contribution in [0.3, 0.4) is 0 Å². The van der Waals surface area contributed by atoms with Crippen LogP contribution in [0.1, 0.15) is 123 Å². The minimum absolute atomic E-state index is 0.00164. The van der Waals surface area contributed by atoms with Gasteiger partial charge in [-0.1, -0.05) is 154 Å². The molecule has 0 aromatic carbocycles. The van der Waals surface area contributed by atoms with E-state index in [4.69, 9.17) is 18.5 Å². The predicted molar refractivity (Wildman–Crippen MR) is 262 cm³/mol. The third-order valence-corrected chi connectivity index (χ3v) is 9.75. The van der Waals surface area contributed by atoms with Crippen LogP contribution in [-0.4, -0.2) is 86.1 Å². The number of hydrogen-bond donors (Lipinski definition) is 2. The Kier molecular flexibility index (Phi) is 39.5. The molecular formula is C52H83NO9P+. The number of aliphatic hydroxyl groups excluding tert-OH is 1. The fourth-order valence-corrected chi connectivity index (χ4v) is 5.95. The van der Waals surface area contributed by atoms with Crippen molar-refractivity contribution >= 4 is 19.8 Å². The third-order valence-electron chi connectivity index (χ3n) is 8.77. The summed E-state index contributed by atoms with van der Waals surface area (Å²) >= 11 is 0. The van der Waals surface area contributed by atoms with E-state index in [2.05, 4.69) is 98.9 Å². The van der Waals surface area contributed by atoms with Gasteiger partial charge in [0.2, 0.25) is 0 Å². The highest BCUT2D eigenvalue weighted by Gasteiger charge is 2.27. The summed E-state index contributed by atoms with van der Waals surface area (Å²) in [5.41, 5.74) is 0. The molecule has 0 aromatic heterocycles. The lowest BCUT2D eigenvalue weighted by atomic mass is 10.1. The van der Waals surface area contributed by atoms with Crippen LogP contribution in [0.5, 0.6) is 0 Å². The van der Waals surface area contributed by atoms with Crippen molar-refractivity contribution in [2.45, 2.75) is 135 Å². The average Bonchev–Trinajstić information content (AvgIpc) is 3.23. The number of carbonyl (C=O) groups excluding carboxylic acids is 2. The lowest BCUT2D eigenvalue weighted by Gasteiger charge is -2.24. The summed E-state index contributed by atoms with van der Waals surface area (Å²) in [6, 6.07) is 0. The topological polar surface area (TPSA) is 129 Å². The van der Waals surface area contributed by atoms with Crippen molar-refractivity contribution in [3.05, 3.63) is 134 Å². The van der Waals surface area contributed by atoms with E-state index in [1.54, 1.807) is 6.08 Å². The number of unbranched alkanes of at least 4 members (excludes halogenated alkanes) is 3. The van der Waals surface area contributed by atoms with Crippen LogP contribution in [0, 0.1) is 0 Å². The van der Waals surface area contributed by atoms with E-state index in [-0.39, 0.29) is 26.1 Å². The van der Waals surface area contributed by atoms with Crippen molar-refractivity contribution in [1.82, 2.24) is 0 Å². The number of rotatable bonds is 39. The molecule has 0 spiro atoms. The Balaban J connectivity index is 4.58. The molecule has 0 radical (unpaired) electrons. The van der Waals surface area contributed by atoms with Crippen LogP contribution in [-0.2, 0) is 32.7 Å². The molecule has 0 aliphatic heterocycles. The summed E-state index contributed by atoms with van der Waals surface area (Å²) < 4.78 is 34.2. The van der Waals surface area contributed by atoms with E-state index < -0.39 is 38.6 Å². The van der Waals surface area contributed by atoms with E-state index in [0.717, 1.165) is 77.0 Å². The third kappa shape index (κ3) is 45.9. The molecule has 0 rings (SSSR count). The minimum Gasteiger partial charge on any atom is -0.462 e. The Morgan fingerprint density at radius 3 is 1.63 bits per heavy atom. The molecule has 63 heavy (non-hydrogen) atoms. The monoisotopic (exact) mass is 897 g/mol. The van der Waals surface area contributed by atoms with Gasteiger partial charge in [-0.3, -0.25) is 18.6 Å². The second kappa shape index (κ2) is 42.1. The van der Waals surface area contributed by atoms with Crippen LogP contribution in [0.25, 0.3) is 0 Å². The summed E-state index contributed by atoms with van der Waals surface area (Å²) in [6.07, 6.45) is 57.0. The number of nitrogens with zero attached hydrogens (tertiary/aromatic N) is 1. The summed E-state index contributed by atoms with van der Waals surface area (Å²) in [7, 11) is 1.36. The number of phosphoric acid groups is 1. The molecule has 0 saturated carbocycles. The molecule has 3 atom stereocenters. The van der Waals surface area contributed by atoms with Gasteiger partial charge in [-0.2, -0.15) is 0 Å². The highest BCUT2D eigenvalue weighted by Crippen LogP contribution is 2.43. The normalized spacial score (nSPS) is 15.2. The Labute approximate surface area is 382 Å². The first-order valence-corrected chi connectivity index (χ1v) is 24.5. The largest absolute Gasteiger partial charge is 0.472 e. The van der Waals surface area contributed by atoms with E-state index >= 15 is 0 Å². The zero-order valence-electron chi connectivity index (χ0n) is 39.4. The standard InChI is InChI=1S/C52H82NO9P/c1-6-8-10-11-12-13-14-15-16-17-18-19-20-23-27-30-33-36-40-44-52(56)62-50(48-61-63(57,58)60-46-45-53(3,4)5)47-59-51(55)43-39-35-32-29-26-24-21-22-25-28-31-34-38-42-49(54)41-37-9-7-2/h8-10,12-13,15-16,18-19,22-27,31-32,34-35,37-38,42,49-50,54H,6-7,11,14,17,20-21,28-30,33,36,39-41,43-48H2,1-5H3/p+1/b10-8-,13-12-,16-15-,19-18-,25-22-,26-24-,27-23-,34-31+,35-32-,37-9-,42-38+/t49?,50-/m1/s1. The maximum Gasteiger partial charge on any atom is 0.472 e. The van der Waals surface area contributed by atoms with Crippen LogP contribution in [0.2, 0.25) is 0 Å². The molecule has 0 amide bonds. The minimum atomic E-state index is -4.42. The Morgan fingerprint density at radius 1 is 0.571 bits per heavy atom. The maximum absolute atomic E-state index is 12.7. The number of quaternary nitrogens is 1. The highest BCUT2D eigenvalue weighted by atomic mass is 31.2. The zero-order chi connectivity index (χ0) is 46.5. The molecule has 0 bridgehead atoms. The van der Waals surface area contributed by atoms with E-state index in [1.807, 2.05) is 63.7 Å². The zero-order valence-corrected chi connectivity index (χ0v) is 40.2. The molecule has 0 aromatic rings. The molecular weight excluding hydrogens is 814 g/mol. The molecule has 0 saturated heterocycles. The average molecular weight is 897 g/mol.